The first-order valence-electron chi connectivity index (χ1n) is 8.67. The lowest BCUT2D eigenvalue weighted by Gasteiger charge is -2.37. The number of ether oxygens (including phenoxy) is 1. The molecule has 1 atom stereocenters. The molecule has 0 bridgehead atoms. The van der Waals surface area contributed by atoms with Gasteiger partial charge in [-0.1, -0.05) is 0 Å². The Kier molecular flexibility index (Phi) is 7.37. The maximum atomic E-state index is 10.2. The van der Waals surface area contributed by atoms with Crippen molar-refractivity contribution in [3.63, 3.8) is 0 Å². The molecule has 1 aliphatic carbocycles. The van der Waals surface area contributed by atoms with Crippen molar-refractivity contribution < 1.29 is 9.84 Å². The molecule has 1 unspecified atom stereocenters. The van der Waals surface area contributed by atoms with Crippen molar-refractivity contribution in [3.05, 3.63) is 0 Å². The molecule has 0 aromatic rings. The molecule has 3 fully saturated rings. The third-order valence-corrected chi connectivity index (χ3v) is 5.28. The number of rotatable bonds is 4. The van der Waals surface area contributed by atoms with Crippen molar-refractivity contribution in [2.75, 3.05) is 59.5 Å². The number of halogens is 1. The molecule has 2 aliphatic heterocycles. The van der Waals surface area contributed by atoms with Crippen molar-refractivity contribution >= 4 is 29.9 Å². The van der Waals surface area contributed by atoms with Crippen LogP contribution in [0, 0.1) is 5.92 Å². The molecule has 2 saturated heterocycles. The van der Waals surface area contributed by atoms with Crippen LogP contribution in [0.1, 0.15) is 25.7 Å². The van der Waals surface area contributed by atoms with Gasteiger partial charge in [-0.2, -0.15) is 0 Å². The molecule has 0 aromatic heterocycles. The van der Waals surface area contributed by atoms with Crippen LogP contribution < -0.4 is 5.32 Å². The quantitative estimate of drug-likeness (QED) is 0.386. The van der Waals surface area contributed by atoms with Crippen molar-refractivity contribution in [2.24, 2.45) is 10.9 Å². The Balaban J connectivity index is 0.00000192. The van der Waals surface area contributed by atoms with Crippen LogP contribution in [0.2, 0.25) is 0 Å². The monoisotopic (exact) mass is 438 g/mol. The third kappa shape index (κ3) is 5.17. The second-order valence-electron chi connectivity index (χ2n) is 6.99. The topological polar surface area (TPSA) is 60.3 Å². The summed E-state index contributed by atoms with van der Waals surface area (Å²) in [7, 11) is 1.84. The number of aliphatic imine (C=N–C) groups is 1. The summed E-state index contributed by atoms with van der Waals surface area (Å²) in [5.74, 6) is 1.66. The van der Waals surface area contributed by atoms with E-state index in [0.29, 0.717) is 12.5 Å². The fourth-order valence-corrected chi connectivity index (χ4v) is 3.66. The molecule has 0 aromatic carbocycles. The number of guanidine groups is 1. The predicted molar refractivity (Wildman–Crippen MR) is 103 cm³/mol. The zero-order valence-corrected chi connectivity index (χ0v) is 16.5. The summed E-state index contributed by atoms with van der Waals surface area (Å²) in [6, 6.07) is 0. The van der Waals surface area contributed by atoms with Crippen LogP contribution in [0.25, 0.3) is 0 Å². The second kappa shape index (κ2) is 8.82. The van der Waals surface area contributed by atoms with Gasteiger partial charge in [-0.15, -0.1) is 24.0 Å². The minimum Gasteiger partial charge on any atom is -0.388 e. The standard InChI is InChI=1S/C16H30N4O2.HI/c1-17-15(18-13-16(21)4-2-5-16)20-6-3-14(12-20)11-19-7-9-22-10-8-19;/h14,21H,2-13H2,1H3,(H,17,18);1H. The first-order valence-corrected chi connectivity index (χ1v) is 8.67. The number of nitrogens with zero attached hydrogens (tertiary/aromatic N) is 3. The van der Waals surface area contributed by atoms with Crippen molar-refractivity contribution in [1.82, 2.24) is 15.1 Å². The van der Waals surface area contributed by atoms with E-state index < -0.39 is 5.60 Å². The normalized spacial score (nSPS) is 28.2. The molecule has 2 N–H and O–H groups in total. The van der Waals surface area contributed by atoms with Gasteiger partial charge >= 0.3 is 0 Å². The van der Waals surface area contributed by atoms with Gasteiger partial charge in [-0.25, -0.2) is 0 Å². The average molecular weight is 438 g/mol. The van der Waals surface area contributed by atoms with Crippen molar-refractivity contribution in [2.45, 2.75) is 31.3 Å². The molecule has 3 rings (SSSR count). The van der Waals surface area contributed by atoms with Crippen molar-refractivity contribution in [1.29, 1.82) is 0 Å². The Bertz CT molecular complexity index is 398. The summed E-state index contributed by atoms with van der Waals surface area (Å²) in [5.41, 5.74) is -0.497. The van der Waals surface area contributed by atoms with E-state index in [1.807, 2.05) is 7.05 Å². The Hall–Kier alpha value is -0.120. The zero-order chi connectivity index (χ0) is 15.4. The Labute approximate surface area is 156 Å². The highest BCUT2D eigenvalue weighted by molar-refractivity contribution is 14.0. The largest absolute Gasteiger partial charge is 0.388 e. The number of hydrogen-bond acceptors (Lipinski definition) is 4. The van der Waals surface area contributed by atoms with E-state index in [9.17, 15) is 5.11 Å². The summed E-state index contributed by atoms with van der Waals surface area (Å²) in [4.78, 5) is 9.26. The maximum absolute atomic E-state index is 10.2. The van der Waals surface area contributed by atoms with Crippen LogP contribution in [0.15, 0.2) is 4.99 Å². The van der Waals surface area contributed by atoms with Gasteiger partial charge in [0.15, 0.2) is 5.96 Å². The molecular formula is C16H31IN4O2. The van der Waals surface area contributed by atoms with Crippen LogP contribution in [-0.4, -0.2) is 86.0 Å². The predicted octanol–water partition coefficient (Wildman–Crippen LogP) is 0.749. The van der Waals surface area contributed by atoms with Crippen LogP contribution in [-0.2, 0) is 4.74 Å². The molecule has 7 heteroatoms. The van der Waals surface area contributed by atoms with Gasteiger partial charge in [0, 0.05) is 46.3 Å². The zero-order valence-electron chi connectivity index (χ0n) is 14.2. The third-order valence-electron chi connectivity index (χ3n) is 5.28. The summed E-state index contributed by atoms with van der Waals surface area (Å²) >= 11 is 0. The van der Waals surface area contributed by atoms with Gasteiger partial charge < -0.3 is 20.1 Å². The van der Waals surface area contributed by atoms with E-state index in [0.717, 1.165) is 64.6 Å². The van der Waals surface area contributed by atoms with E-state index in [1.54, 1.807) is 0 Å². The van der Waals surface area contributed by atoms with E-state index in [2.05, 4.69) is 20.1 Å². The fourth-order valence-electron chi connectivity index (χ4n) is 3.66. The van der Waals surface area contributed by atoms with Gasteiger partial charge in [-0.3, -0.25) is 9.89 Å². The number of likely N-dealkylation sites (tertiary alicyclic amines) is 1. The summed E-state index contributed by atoms with van der Waals surface area (Å²) in [5, 5.41) is 13.6. The smallest absolute Gasteiger partial charge is 0.193 e. The van der Waals surface area contributed by atoms with Crippen LogP contribution >= 0.6 is 24.0 Å². The molecular weight excluding hydrogens is 407 g/mol. The van der Waals surface area contributed by atoms with Gasteiger partial charge in [-0.05, 0) is 31.6 Å². The van der Waals surface area contributed by atoms with E-state index in [-0.39, 0.29) is 24.0 Å². The highest BCUT2D eigenvalue weighted by atomic mass is 127. The second-order valence-corrected chi connectivity index (χ2v) is 6.99. The Morgan fingerprint density at radius 1 is 1.30 bits per heavy atom. The Morgan fingerprint density at radius 2 is 2.04 bits per heavy atom. The number of aliphatic hydroxyl groups is 1. The lowest BCUT2D eigenvalue weighted by atomic mass is 9.80. The van der Waals surface area contributed by atoms with Gasteiger partial charge in [0.1, 0.15) is 0 Å². The van der Waals surface area contributed by atoms with E-state index in [4.69, 9.17) is 4.74 Å². The number of nitrogens with one attached hydrogen (secondary N) is 1. The average Bonchev–Trinajstić information content (AvgIpc) is 2.95. The van der Waals surface area contributed by atoms with Crippen molar-refractivity contribution in [3.8, 4) is 0 Å². The summed E-state index contributed by atoms with van der Waals surface area (Å²) in [6.07, 6.45) is 4.19. The van der Waals surface area contributed by atoms with E-state index in [1.165, 1.54) is 13.0 Å². The molecule has 0 spiro atoms. The molecule has 3 aliphatic rings. The van der Waals surface area contributed by atoms with Gasteiger partial charge in [0.2, 0.25) is 0 Å². The highest BCUT2D eigenvalue weighted by Crippen LogP contribution is 2.30. The molecule has 2 heterocycles. The van der Waals surface area contributed by atoms with Crippen LogP contribution in [0.3, 0.4) is 0 Å². The molecule has 6 nitrogen and oxygen atoms in total. The first-order chi connectivity index (χ1) is 10.7. The summed E-state index contributed by atoms with van der Waals surface area (Å²) < 4.78 is 5.42. The van der Waals surface area contributed by atoms with Crippen LogP contribution in [0.5, 0.6) is 0 Å². The molecule has 23 heavy (non-hydrogen) atoms. The highest BCUT2D eigenvalue weighted by Gasteiger charge is 2.35. The Morgan fingerprint density at radius 3 is 2.65 bits per heavy atom. The number of morpholine rings is 1. The van der Waals surface area contributed by atoms with Crippen LogP contribution in [0.4, 0.5) is 0 Å². The minimum absolute atomic E-state index is 0. The SMILES string of the molecule is CN=C(NCC1(O)CCC1)N1CCC(CN2CCOCC2)C1.I. The molecule has 0 amide bonds. The number of hydrogen-bond donors (Lipinski definition) is 2. The first kappa shape index (κ1) is 19.2. The van der Waals surface area contributed by atoms with E-state index >= 15 is 0 Å². The molecule has 1 saturated carbocycles. The van der Waals surface area contributed by atoms with Gasteiger partial charge in [0.25, 0.3) is 0 Å². The maximum Gasteiger partial charge on any atom is 0.193 e. The molecule has 134 valence electrons. The fraction of sp³-hybridized carbons (Fsp3) is 0.938. The molecule has 0 radical (unpaired) electrons. The lowest BCUT2D eigenvalue weighted by Crippen LogP contribution is -2.51. The summed E-state index contributed by atoms with van der Waals surface area (Å²) in [6.45, 7) is 7.80. The minimum atomic E-state index is -0.497. The van der Waals surface area contributed by atoms with Gasteiger partial charge in [0.05, 0.1) is 18.8 Å². The lowest BCUT2D eigenvalue weighted by molar-refractivity contribution is -0.0282.